The minimum absolute atomic E-state index is 0.156. The van der Waals surface area contributed by atoms with E-state index in [2.05, 4.69) is 34.4 Å². The van der Waals surface area contributed by atoms with Gasteiger partial charge in [0.1, 0.15) is 11.0 Å². The summed E-state index contributed by atoms with van der Waals surface area (Å²) in [5, 5.41) is 9.23. The molecule has 1 fully saturated rings. The fourth-order valence-electron chi connectivity index (χ4n) is 4.88. The van der Waals surface area contributed by atoms with Gasteiger partial charge < -0.3 is 15.1 Å². The summed E-state index contributed by atoms with van der Waals surface area (Å²) >= 11 is 1.50. The van der Waals surface area contributed by atoms with E-state index < -0.39 is 0 Å². The molecule has 0 spiro atoms. The van der Waals surface area contributed by atoms with Crippen LogP contribution in [0.15, 0.2) is 59.8 Å². The summed E-state index contributed by atoms with van der Waals surface area (Å²) in [6, 6.07) is 18.1. The van der Waals surface area contributed by atoms with E-state index in [1.54, 1.807) is 7.11 Å². The molecule has 2 aliphatic rings. The van der Waals surface area contributed by atoms with Crippen LogP contribution >= 0.6 is 11.8 Å². The van der Waals surface area contributed by atoms with Gasteiger partial charge in [0, 0.05) is 17.6 Å². The van der Waals surface area contributed by atoms with Crippen LogP contribution < -0.4 is 10.2 Å². The summed E-state index contributed by atoms with van der Waals surface area (Å²) in [6.07, 6.45) is 3.25. The molecule has 0 radical (unpaired) electrons. The fraction of sp³-hybridized carbons (Fsp3) is 0.400. The first-order chi connectivity index (χ1) is 16.1. The van der Waals surface area contributed by atoms with Crippen molar-refractivity contribution >= 4 is 17.7 Å². The van der Waals surface area contributed by atoms with E-state index in [-0.39, 0.29) is 29.3 Å². The van der Waals surface area contributed by atoms with Crippen molar-refractivity contribution in [3.8, 4) is 17.1 Å². The molecule has 1 aromatic heterocycles. The molecule has 1 N–H and O–H groups in total. The fourth-order valence-corrected chi connectivity index (χ4v) is 6.02. The highest BCUT2D eigenvalue weighted by Crippen LogP contribution is 2.41. The van der Waals surface area contributed by atoms with Gasteiger partial charge in [-0.25, -0.2) is 4.68 Å². The number of methoxy groups -OCH3 is 1. The van der Waals surface area contributed by atoms with Crippen molar-refractivity contribution in [3.05, 3.63) is 60.2 Å². The normalized spacial score (nSPS) is 24.6. The van der Waals surface area contributed by atoms with Crippen LogP contribution in [0.3, 0.4) is 0 Å². The Bertz CT molecular complexity index is 1110. The van der Waals surface area contributed by atoms with Gasteiger partial charge in [-0.15, -0.1) is 10.2 Å². The second-order valence-electron chi connectivity index (χ2n) is 8.80. The molecule has 7 nitrogen and oxygen atoms in total. The Hall–Kier alpha value is -3.00. The van der Waals surface area contributed by atoms with Gasteiger partial charge in [-0.2, -0.15) is 0 Å². The van der Waals surface area contributed by atoms with Gasteiger partial charge in [0.15, 0.2) is 5.82 Å². The van der Waals surface area contributed by atoms with Crippen LogP contribution in [0.1, 0.15) is 44.7 Å². The molecule has 2 aromatic carbocycles. The van der Waals surface area contributed by atoms with Gasteiger partial charge in [0.25, 0.3) is 0 Å². The average Bonchev–Trinajstić information content (AvgIpc) is 3.26. The van der Waals surface area contributed by atoms with Crippen LogP contribution in [0.2, 0.25) is 0 Å². The molecule has 0 aliphatic carbocycles. The quantitative estimate of drug-likeness (QED) is 0.614. The van der Waals surface area contributed by atoms with Crippen LogP contribution in [0.25, 0.3) is 11.4 Å². The number of nitrogens with one attached hydrogen (secondary N) is 1. The van der Waals surface area contributed by atoms with Crippen molar-refractivity contribution in [1.29, 1.82) is 0 Å². The molecule has 1 saturated heterocycles. The van der Waals surface area contributed by atoms with E-state index in [9.17, 15) is 4.79 Å². The number of hydrogen-bond donors (Lipinski definition) is 1. The largest absolute Gasteiger partial charge is 0.497 e. The van der Waals surface area contributed by atoms with Gasteiger partial charge >= 0.3 is 0 Å². The van der Waals surface area contributed by atoms with Gasteiger partial charge in [0.05, 0.1) is 13.2 Å². The molecule has 4 atom stereocenters. The first-order valence-electron chi connectivity index (χ1n) is 11.5. The SMILES string of the molecule is COc1ccc([C@@H]2Nn3c(nnc3-c3ccccc3)S[C@@H]2C(=O)N2[C@H](C)CCC[C@H]2C)cc1. The highest BCUT2D eigenvalue weighted by Gasteiger charge is 2.42. The number of hydrogen-bond acceptors (Lipinski definition) is 6. The number of carbonyl (C=O) groups is 1. The second kappa shape index (κ2) is 9.09. The lowest BCUT2D eigenvalue weighted by molar-refractivity contribution is -0.137. The number of piperidine rings is 1. The monoisotopic (exact) mass is 463 g/mol. The summed E-state index contributed by atoms with van der Waals surface area (Å²) in [5.41, 5.74) is 5.58. The summed E-state index contributed by atoms with van der Waals surface area (Å²) in [4.78, 5) is 16.0. The Morgan fingerprint density at radius 2 is 1.73 bits per heavy atom. The van der Waals surface area contributed by atoms with Crippen LogP contribution in [0.5, 0.6) is 5.75 Å². The average molecular weight is 464 g/mol. The lowest BCUT2D eigenvalue weighted by atomic mass is 9.95. The van der Waals surface area contributed by atoms with Crippen LogP contribution in [0, 0.1) is 0 Å². The summed E-state index contributed by atoms with van der Waals surface area (Å²) in [7, 11) is 1.66. The third-order valence-electron chi connectivity index (χ3n) is 6.63. The zero-order valence-corrected chi connectivity index (χ0v) is 20.0. The molecule has 1 amide bonds. The van der Waals surface area contributed by atoms with E-state index in [0.717, 1.165) is 35.5 Å². The van der Waals surface area contributed by atoms with Gasteiger partial charge in [-0.3, -0.25) is 4.79 Å². The van der Waals surface area contributed by atoms with Crippen LogP contribution in [-0.2, 0) is 4.79 Å². The van der Waals surface area contributed by atoms with E-state index in [1.807, 2.05) is 59.3 Å². The van der Waals surface area contributed by atoms with Crippen LogP contribution in [-0.4, -0.2) is 50.1 Å². The zero-order chi connectivity index (χ0) is 22.9. The Morgan fingerprint density at radius 3 is 2.39 bits per heavy atom. The van der Waals surface area contributed by atoms with Crippen molar-refractivity contribution in [3.63, 3.8) is 0 Å². The summed E-state index contributed by atoms with van der Waals surface area (Å²) in [6.45, 7) is 4.32. The minimum atomic E-state index is -0.346. The molecule has 0 bridgehead atoms. The maximum absolute atomic E-state index is 14.0. The number of thioether (sulfide) groups is 1. The molecule has 0 unspecified atom stereocenters. The number of benzene rings is 2. The number of likely N-dealkylation sites (tertiary alicyclic amines) is 1. The molecule has 33 heavy (non-hydrogen) atoms. The smallest absolute Gasteiger partial charge is 0.239 e. The lowest BCUT2D eigenvalue weighted by Crippen LogP contribution is -2.53. The summed E-state index contributed by atoms with van der Waals surface area (Å²) < 4.78 is 7.27. The zero-order valence-electron chi connectivity index (χ0n) is 19.1. The van der Waals surface area contributed by atoms with E-state index in [1.165, 1.54) is 18.2 Å². The number of nitrogens with zero attached hydrogens (tertiary/aromatic N) is 4. The molecule has 5 rings (SSSR count). The van der Waals surface area contributed by atoms with Crippen molar-refractivity contribution in [2.45, 2.75) is 61.6 Å². The third kappa shape index (κ3) is 4.08. The topological polar surface area (TPSA) is 72.3 Å². The van der Waals surface area contributed by atoms with Gasteiger partial charge in [-0.1, -0.05) is 54.2 Å². The highest BCUT2D eigenvalue weighted by molar-refractivity contribution is 8.00. The molecule has 3 heterocycles. The Balaban J connectivity index is 1.54. The minimum Gasteiger partial charge on any atom is -0.497 e. The summed E-state index contributed by atoms with van der Waals surface area (Å²) in [5.74, 6) is 1.68. The molecule has 3 aromatic rings. The predicted octanol–water partition coefficient (Wildman–Crippen LogP) is 4.50. The first kappa shape index (κ1) is 21.8. The van der Waals surface area contributed by atoms with Crippen molar-refractivity contribution in [2.24, 2.45) is 0 Å². The second-order valence-corrected chi connectivity index (χ2v) is 9.91. The highest BCUT2D eigenvalue weighted by atomic mass is 32.2. The molecular formula is C25H29N5O2S. The Morgan fingerprint density at radius 1 is 1.03 bits per heavy atom. The van der Waals surface area contributed by atoms with Crippen molar-refractivity contribution < 1.29 is 9.53 Å². The lowest BCUT2D eigenvalue weighted by Gasteiger charge is -2.43. The third-order valence-corrected chi connectivity index (χ3v) is 7.84. The first-order valence-corrected chi connectivity index (χ1v) is 12.3. The number of rotatable bonds is 4. The van der Waals surface area contributed by atoms with E-state index in [4.69, 9.17) is 4.74 Å². The molecule has 0 saturated carbocycles. The predicted molar refractivity (Wildman–Crippen MR) is 130 cm³/mol. The maximum atomic E-state index is 14.0. The molecule has 2 aliphatic heterocycles. The van der Waals surface area contributed by atoms with E-state index in [0.29, 0.717) is 5.16 Å². The van der Waals surface area contributed by atoms with Crippen molar-refractivity contribution in [2.75, 3.05) is 12.5 Å². The molecular weight excluding hydrogens is 434 g/mol. The van der Waals surface area contributed by atoms with E-state index >= 15 is 0 Å². The van der Waals surface area contributed by atoms with Gasteiger partial charge in [-0.05, 0) is 50.8 Å². The Kier molecular flexibility index (Phi) is 6.01. The number of amides is 1. The standard InChI is InChI=1S/C25H29N5O2S/c1-16-8-7-9-17(2)29(16)24(31)22-21(18-12-14-20(32-3)15-13-18)28-30-23(26-27-25(30)33-22)19-10-5-4-6-11-19/h4-6,10-17,21-22,28H,7-9H2,1-3H3/t16-,17-,21+,22+/m1/s1. The van der Waals surface area contributed by atoms with Crippen LogP contribution in [0.4, 0.5) is 0 Å². The maximum Gasteiger partial charge on any atom is 0.239 e. The van der Waals surface area contributed by atoms with Crippen molar-refractivity contribution in [1.82, 2.24) is 19.8 Å². The van der Waals surface area contributed by atoms with Gasteiger partial charge in [0.2, 0.25) is 11.1 Å². The molecule has 172 valence electrons. The molecule has 8 heteroatoms. The number of fused-ring (bicyclic) bond motifs is 1. The number of aromatic nitrogens is 3. The number of carbonyl (C=O) groups excluding carboxylic acids is 1. The number of ether oxygens (including phenoxy) is 1. The Labute approximate surface area is 198 Å².